The van der Waals surface area contributed by atoms with Gasteiger partial charge in [-0.1, -0.05) is 6.92 Å². The summed E-state index contributed by atoms with van der Waals surface area (Å²) in [4.78, 5) is 25.1. The first-order chi connectivity index (χ1) is 11.1. The van der Waals surface area contributed by atoms with E-state index in [0.29, 0.717) is 30.2 Å². The number of nitrogens with two attached hydrogens (primary N) is 1. The van der Waals surface area contributed by atoms with Gasteiger partial charge in [-0.2, -0.15) is 9.97 Å². The van der Waals surface area contributed by atoms with Crippen LogP contribution in [-0.2, 0) is 4.79 Å². The van der Waals surface area contributed by atoms with Crippen LogP contribution in [0, 0.1) is 5.92 Å². The van der Waals surface area contributed by atoms with Gasteiger partial charge >= 0.3 is 0 Å². The van der Waals surface area contributed by atoms with Gasteiger partial charge in [0.25, 0.3) is 0 Å². The summed E-state index contributed by atoms with van der Waals surface area (Å²) in [5.41, 5.74) is 5.81. The van der Waals surface area contributed by atoms with Gasteiger partial charge in [0.15, 0.2) is 0 Å². The molecule has 2 unspecified atom stereocenters. The second-order valence-electron chi connectivity index (χ2n) is 6.41. The molecule has 7 nitrogen and oxygen atoms in total. The molecule has 2 saturated heterocycles. The number of amides is 1. The fourth-order valence-electron chi connectivity index (χ4n) is 3.83. The third-order valence-corrected chi connectivity index (χ3v) is 4.92. The molecular weight excluding hydrogens is 292 g/mol. The number of rotatable bonds is 4. The maximum Gasteiger partial charge on any atom is 0.223 e. The molecule has 0 bridgehead atoms. The van der Waals surface area contributed by atoms with Crippen molar-refractivity contribution in [2.75, 3.05) is 42.6 Å². The highest BCUT2D eigenvalue weighted by atomic mass is 16.2. The fraction of sp³-hybridized carbons (Fsp3) is 0.688. The number of hydrogen-bond acceptors (Lipinski definition) is 6. The third-order valence-electron chi connectivity index (χ3n) is 4.92. The van der Waals surface area contributed by atoms with Crippen LogP contribution >= 0.6 is 0 Å². The first-order valence-corrected chi connectivity index (χ1v) is 8.49. The van der Waals surface area contributed by atoms with Gasteiger partial charge in [0.2, 0.25) is 11.9 Å². The van der Waals surface area contributed by atoms with Crippen LogP contribution in [0.5, 0.6) is 0 Å². The molecule has 7 heteroatoms. The lowest BCUT2D eigenvalue weighted by molar-refractivity contribution is -0.139. The Balaban J connectivity index is 1.75. The molecule has 2 atom stereocenters. The van der Waals surface area contributed by atoms with Crippen molar-refractivity contribution >= 4 is 23.5 Å². The van der Waals surface area contributed by atoms with E-state index in [4.69, 9.17) is 5.73 Å². The third kappa shape index (κ3) is 3.18. The number of carbonyl (C=O) groups excluding carboxylic acids is 1. The fourth-order valence-corrected chi connectivity index (χ4v) is 3.83. The zero-order valence-corrected chi connectivity index (χ0v) is 14.0. The average molecular weight is 318 g/mol. The van der Waals surface area contributed by atoms with Gasteiger partial charge in [-0.05, 0) is 25.2 Å². The number of nitrogen functional groups attached to an aromatic ring is 1. The van der Waals surface area contributed by atoms with Gasteiger partial charge in [0, 0.05) is 45.2 Å². The summed E-state index contributed by atoms with van der Waals surface area (Å²) in [6.07, 6.45) is 3.66. The molecule has 1 amide bonds. The number of fused-ring (bicyclic) bond motifs is 1. The van der Waals surface area contributed by atoms with Crippen molar-refractivity contribution in [1.82, 2.24) is 14.9 Å². The molecule has 2 aliphatic rings. The van der Waals surface area contributed by atoms with Crippen LogP contribution < -0.4 is 16.0 Å². The first kappa shape index (κ1) is 15.8. The molecule has 23 heavy (non-hydrogen) atoms. The Labute approximate surface area is 137 Å². The summed E-state index contributed by atoms with van der Waals surface area (Å²) in [5, 5.41) is 3.02. The maximum absolute atomic E-state index is 12.2. The Morgan fingerprint density at radius 2 is 2.22 bits per heavy atom. The Morgan fingerprint density at radius 3 is 2.96 bits per heavy atom. The number of carbonyl (C=O) groups is 1. The Hall–Kier alpha value is -2.05. The summed E-state index contributed by atoms with van der Waals surface area (Å²) in [6.45, 7) is 4.84. The van der Waals surface area contributed by atoms with Crippen molar-refractivity contribution in [3.8, 4) is 0 Å². The number of nitrogens with one attached hydrogen (secondary N) is 1. The van der Waals surface area contributed by atoms with Gasteiger partial charge in [0.1, 0.15) is 11.6 Å². The van der Waals surface area contributed by atoms with Crippen LogP contribution in [0.3, 0.4) is 0 Å². The highest BCUT2D eigenvalue weighted by Gasteiger charge is 2.39. The summed E-state index contributed by atoms with van der Waals surface area (Å²) in [6, 6.07) is 2.32. The molecule has 3 rings (SSSR count). The molecule has 0 saturated carbocycles. The van der Waals surface area contributed by atoms with Gasteiger partial charge in [-0.15, -0.1) is 0 Å². The predicted molar refractivity (Wildman–Crippen MR) is 91.3 cm³/mol. The molecule has 0 radical (unpaired) electrons. The molecule has 0 aliphatic carbocycles. The van der Waals surface area contributed by atoms with Crippen LogP contribution in [0.4, 0.5) is 17.6 Å². The van der Waals surface area contributed by atoms with E-state index in [1.165, 1.54) is 0 Å². The molecule has 3 heterocycles. The lowest BCUT2D eigenvalue weighted by Gasteiger charge is -2.47. The summed E-state index contributed by atoms with van der Waals surface area (Å²) >= 11 is 0. The summed E-state index contributed by atoms with van der Waals surface area (Å²) in [7, 11) is 1.83. The largest absolute Gasteiger partial charge is 0.373 e. The first-order valence-electron chi connectivity index (χ1n) is 8.49. The monoisotopic (exact) mass is 318 g/mol. The topological polar surface area (TPSA) is 87.4 Å². The summed E-state index contributed by atoms with van der Waals surface area (Å²) in [5.74, 6) is 2.74. The molecule has 2 fully saturated rings. The number of aromatic nitrogens is 2. The molecule has 1 aromatic heterocycles. The minimum atomic E-state index is 0.292. The van der Waals surface area contributed by atoms with E-state index in [0.717, 1.165) is 50.5 Å². The SMILES string of the molecule is CCCN1C(=O)CCC2CN(c3cc(NC)nc(N)n3)CCC21. The van der Waals surface area contributed by atoms with Crippen LogP contribution in [0.25, 0.3) is 0 Å². The van der Waals surface area contributed by atoms with E-state index in [2.05, 4.69) is 32.0 Å². The molecule has 126 valence electrons. The molecular formula is C16H26N6O. The number of likely N-dealkylation sites (tertiary alicyclic amines) is 1. The standard InChI is InChI=1S/C16H26N6O/c1-3-7-22-12-6-8-21(10-11(12)4-5-15(22)23)14-9-13(18-2)19-16(17)20-14/h9,11-12H,3-8,10H2,1-2H3,(H3,17,18,19,20). The Bertz CT molecular complexity index is 578. The second-order valence-corrected chi connectivity index (χ2v) is 6.41. The second kappa shape index (κ2) is 6.60. The van der Waals surface area contributed by atoms with Gasteiger partial charge in [-0.3, -0.25) is 4.79 Å². The highest BCUT2D eigenvalue weighted by Crippen LogP contribution is 2.33. The van der Waals surface area contributed by atoms with Gasteiger partial charge in [-0.25, -0.2) is 0 Å². The molecule has 0 aromatic carbocycles. The van der Waals surface area contributed by atoms with E-state index in [1.54, 1.807) is 0 Å². The summed E-state index contributed by atoms with van der Waals surface area (Å²) < 4.78 is 0. The van der Waals surface area contributed by atoms with Crippen LogP contribution in [-0.4, -0.2) is 53.5 Å². The normalized spacial score (nSPS) is 24.5. The van der Waals surface area contributed by atoms with Crippen LogP contribution in [0.15, 0.2) is 6.07 Å². The Morgan fingerprint density at radius 1 is 1.39 bits per heavy atom. The minimum absolute atomic E-state index is 0.292. The molecule has 3 N–H and O–H groups in total. The number of nitrogens with zero attached hydrogens (tertiary/aromatic N) is 4. The lowest BCUT2D eigenvalue weighted by Crippen LogP contribution is -2.56. The number of piperidine rings is 2. The minimum Gasteiger partial charge on any atom is -0.373 e. The van der Waals surface area contributed by atoms with Crippen molar-refractivity contribution in [3.05, 3.63) is 6.07 Å². The quantitative estimate of drug-likeness (QED) is 0.871. The zero-order valence-electron chi connectivity index (χ0n) is 14.0. The smallest absolute Gasteiger partial charge is 0.223 e. The molecule has 0 spiro atoms. The van der Waals surface area contributed by atoms with Crippen molar-refractivity contribution in [3.63, 3.8) is 0 Å². The van der Waals surface area contributed by atoms with Crippen LogP contribution in [0.1, 0.15) is 32.6 Å². The van der Waals surface area contributed by atoms with Crippen molar-refractivity contribution in [2.24, 2.45) is 5.92 Å². The van der Waals surface area contributed by atoms with E-state index < -0.39 is 0 Å². The molecule has 2 aliphatic heterocycles. The van der Waals surface area contributed by atoms with E-state index in [9.17, 15) is 4.79 Å². The van der Waals surface area contributed by atoms with Crippen molar-refractivity contribution in [2.45, 2.75) is 38.6 Å². The van der Waals surface area contributed by atoms with Crippen LogP contribution in [0.2, 0.25) is 0 Å². The number of hydrogen-bond donors (Lipinski definition) is 2. The molecule has 1 aromatic rings. The van der Waals surface area contributed by atoms with E-state index >= 15 is 0 Å². The predicted octanol–water partition coefficient (Wildman–Crippen LogP) is 1.33. The average Bonchev–Trinajstić information content (AvgIpc) is 2.56. The van der Waals surface area contributed by atoms with Crippen molar-refractivity contribution in [1.29, 1.82) is 0 Å². The van der Waals surface area contributed by atoms with E-state index in [-0.39, 0.29) is 0 Å². The van der Waals surface area contributed by atoms with Gasteiger partial charge in [0.05, 0.1) is 0 Å². The van der Waals surface area contributed by atoms with E-state index in [1.807, 2.05) is 13.1 Å². The zero-order chi connectivity index (χ0) is 16.4. The van der Waals surface area contributed by atoms with Crippen molar-refractivity contribution < 1.29 is 4.79 Å². The Kier molecular flexibility index (Phi) is 4.54. The van der Waals surface area contributed by atoms with Gasteiger partial charge < -0.3 is 20.9 Å². The maximum atomic E-state index is 12.2. The number of anilines is 3. The highest BCUT2D eigenvalue weighted by molar-refractivity contribution is 5.77. The lowest BCUT2D eigenvalue weighted by atomic mass is 9.83.